The Bertz CT molecular complexity index is 1390. The zero-order valence-electron chi connectivity index (χ0n) is 17.3. The maximum atomic E-state index is 13.6. The van der Waals surface area contributed by atoms with Crippen LogP contribution in [0.3, 0.4) is 0 Å². The van der Waals surface area contributed by atoms with Gasteiger partial charge in [0.25, 0.3) is 5.91 Å². The van der Waals surface area contributed by atoms with Gasteiger partial charge in [0.05, 0.1) is 22.8 Å². The Hall–Kier alpha value is -3.70. The Balaban J connectivity index is 1.62. The third-order valence-corrected chi connectivity index (χ3v) is 6.02. The molecule has 1 aliphatic rings. The third kappa shape index (κ3) is 3.72. The molecule has 0 fully saturated rings. The summed E-state index contributed by atoms with van der Waals surface area (Å²) in [6, 6.07) is 25.5. The highest BCUT2D eigenvalue weighted by Crippen LogP contribution is 2.36. The number of hydrogen-bond acceptors (Lipinski definition) is 3. The van der Waals surface area contributed by atoms with E-state index < -0.39 is 0 Å². The van der Waals surface area contributed by atoms with Crippen LogP contribution in [-0.4, -0.2) is 18.0 Å². The summed E-state index contributed by atoms with van der Waals surface area (Å²) in [4.78, 5) is 19.8. The van der Waals surface area contributed by atoms with Gasteiger partial charge in [-0.25, -0.2) is 0 Å². The number of halogens is 1. The van der Waals surface area contributed by atoms with Gasteiger partial charge in [-0.2, -0.15) is 0 Å². The van der Waals surface area contributed by atoms with Gasteiger partial charge in [0.1, 0.15) is 5.75 Å². The van der Waals surface area contributed by atoms with Crippen molar-refractivity contribution in [3.05, 3.63) is 112 Å². The highest BCUT2D eigenvalue weighted by Gasteiger charge is 2.30. The quantitative estimate of drug-likeness (QED) is 0.312. The molecule has 0 radical (unpaired) electrons. The molecule has 0 saturated carbocycles. The van der Waals surface area contributed by atoms with Crippen molar-refractivity contribution in [1.29, 1.82) is 0 Å². The first-order chi connectivity index (χ1) is 15.6. The first-order valence-electron chi connectivity index (χ1n) is 10.2. The number of aromatic nitrogens is 1. The Morgan fingerprint density at radius 3 is 2.59 bits per heavy atom. The highest BCUT2D eigenvalue weighted by atomic mass is 79.9. The molecule has 1 aromatic heterocycles. The zero-order chi connectivity index (χ0) is 22.1. The maximum Gasteiger partial charge on any atom is 0.262 e. The van der Waals surface area contributed by atoms with E-state index in [0.717, 1.165) is 43.6 Å². The van der Waals surface area contributed by atoms with Crippen molar-refractivity contribution in [2.45, 2.75) is 0 Å². The second kappa shape index (κ2) is 8.44. The van der Waals surface area contributed by atoms with Crippen molar-refractivity contribution >= 4 is 50.2 Å². The second-order valence-electron chi connectivity index (χ2n) is 7.41. The number of anilines is 1. The van der Waals surface area contributed by atoms with Gasteiger partial charge in [0.2, 0.25) is 0 Å². The molecule has 1 amide bonds. The normalized spacial score (nSPS) is 14.8. The fraction of sp³-hybridized carbons (Fsp3) is 0.0370. The van der Waals surface area contributed by atoms with Gasteiger partial charge in [-0.05, 0) is 75.6 Å². The monoisotopic (exact) mass is 482 g/mol. The number of nitrogens with zero attached hydrogens (tertiary/aromatic N) is 2. The van der Waals surface area contributed by atoms with Crippen molar-refractivity contribution in [1.82, 2.24) is 4.98 Å². The predicted molar refractivity (Wildman–Crippen MR) is 132 cm³/mol. The van der Waals surface area contributed by atoms with Crippen LogP contribution >= 0.6 is 15.9 Å². The molecule has 0 aliphatic carbocycles. The van der Waals surface area contributed by atoms with E-state index in [2.05, 4.69) is 20.9 Å². The lowest BCUT2D eigenvalue weighted by atomic mass is 10.1. The zero-order valence-corrected chi connectivity index (χ0v) is 18.9. The first-order valence-corrected chi connectivity index (χ1v) is 10.9. The van der Waals surface area contributed by atoms with E-state index in [0.29, 0.717) is 5.57 Å². The molecule has 0 bridgehead atoms. The van der Waals surface area contributed by atoms with Crippen molar-refractivity contribution in [2.24, 2.45) is 0 Å². The SMILES string of the molecule is COc1ccc(C=C2C=C(c3ccccc3)N(c3ccc4ncccc4c3)C2=O)cc1Br. The Kier molecular flexibility index (Phi) is 5.33. The second-order valence-corrected chi connectivity index (χ2v) is 8.26. The molecule has 4 nitrogen and oxygen atoms in total. The van der Waals surface area contributed by atoms with E-state index in [1.54, 1.807) is 18.2 Å². The smallest absolute Gasteiger partial charge is 0.262 e. The number of benzene rings is 3. The van der Waals surface area contributed by atoms with Crippen LogP contribution in [0.5, 0.6) is 5.75 Å². The van der Waals surface area contributed by atoms with E-state index in [-0.39, 0.29) is 5.91 Å². The minimum atomic E-state index is -0.0703. The average Bonchev–Trinajstić information content (AvgIpc) is 3.15. The Morgan fingerprint density at radius 1 is 0.969 bits per heavy atom. The van der Waals surface area contributed by atoms with Crippen LogP contribution in [-0.2, 0) is 4.79 Å². The molecule has 0 spiro atoms. The first kappa shape index (κ1) is 20.2. The van der Waals surface area contributed by atoms with Crippen LogP contribution in [0.25, 0.3) is 22.7 Å². The van der Waals surface area contributed by atoms with Gasteiger partial charge in [-0.3, -0.25) is 14.7 Å². The Labute approximate surface area is 194 Å². The fourth-order valence-electron chi connectivity index (χ4n) is 3.85. The molecule has 32 heavy (non-hydrogen) atoms. The fourth-order valence-corrected chi connectivity index (χ4v) is 4.41. The summed E-state index contributed by atoms with van der Waals surface area (Å²) in [6.45, 7) is 0. The van der Waals surface area contributed by atoms with Crippen LogP contribution in [0.15, 0.2) is 101 Å². The van der Waals surface area contributed by atoms with Crippen molar-refractivity contribution in [3.63, 3.8) is 0 Å². The minimum Gasteiger partial charge on any atom is -0.496 e. The van der Waals surface area contributed by atoms with Crippen molar-refractivity contribution in [3.8, 4) is 5.75 Å². The van der Waals surface area contributed by atoms with Crippen molar-refractivity contribution in [2.75, 3.05) is 12.0 Å². The topological polar surface area (TPSA) is 42.4 Å². The summed E-state index contributed by atoms with van der Waals surface area (Å²) < 4.78 is 6.16. The highest BCUT2D eigenvalue weighted by molar-refractivity contribution is 9.10. The van der Waals surface area contributed by atoms with E-state index in [4.69, 9.17) is 4.74 Å². The van der Waals surface area contributed by atoms with Gasteiger partial charge in [-0.1, -0.05) is 42.5 Å². The van der Waals surface area contributed by atoms with E-state index >= 15 is 0 Å². The van der Waals surface area contributed by atoms with Gasteiger partial charge < -0.3 is 4.74 Å². The van der Waals surface area contributed by atoms with Crippen LogP contribution < -0.4 is 9.64 Å². The Morgan fingerprint density at radius 2 is 1.81 bits per heavy atom. The van der Waals surface area contributed by atoms with Crippen molar-refractivity contribution < 1.29 is 9.53 Å². The molecular formula is C27H19BrN2O2. The number of rotatable bonds is 4. The number of carbonyl (C=O) groups is 1. The van der Waals surface area contributed by atoms with E-state index in [9.17, 15) is 4.79 Å². The number of fused-ring (bicyclic) bond motifs is 1. The number of hydrogen-bond donors (Lipinski definition) is 0. The summed E-state index contributed by atoms with van der Waals surface area (Å²) in [5, 5.41) is 0.988. The average molecular weight is 483 g/mol. The van der Waals surface area contributed by atoms with E-state index in [1.807, 2.05) is 91.0 Å². The number of amides is 1. The number of methoxy groups -OCH3 is 1. The molecule has 0 unspecified atom stereocenters. The van der Waals surface area contributed by atoms with Gasteiger partial charge in [0.15, 0.2) is 0 Å². The van der Waals surface area contributed by atoms with E-state index in [1.165, 1.54) is 0 Å². The van der Waals surface area contributed by atoms with Crippen LogP contribution in [0, 0.1) is 0 Å². The maximum absolute atomic E-state index is 13.6. The molecule has 1 aliphatic heterocycles. The summed E-state index contributed by atoms with van der Waals surface area (Å²) >= 11 is 3.52. The number of ether oxygens (including phenoxy) is 1. The van der Waals surface area contributed by atoms with Crippen LogP contribution in [0.2, 0.25) is 0 Å². The molecule has 5 rings (SSSR count). The molecule has 0 N–H and O–H groups in total. The lowest BCUT2D eigenvalue weighted by Crippen LogP contribution is -2.24. The summed E-state index contributed by atoms with van der Waals surface area (Å²) in [5.74, 6) is 0.677. The van der Waals surface area contributed by atoms with Gasteiger partial charge in [0, 0.05) is 22.8 Å². The lowest BCUT2D eigenvalue weighted by Gasteiger charge is -2.21. The molecule has 3 aromatic carbocycles. The molecule has 0 atom stereocenters. The molecule has 156 valence electrons. The minimum absolute atomic E-state index is 0.0703. The lowest BCUT2D eigenvalue weighted by molar-refractivity contribution is -0.113. The molecule has 0 saturated heterocycles. The van der Waals surface area contributed by atoms with Gasteiger partial charge in [-0.15, -0.1) is 0 Å². The summed E-state index contributed by atoms with van der Waals surface area (Å²) in [6.07, 6.45) is 5.62. The predicted octanol–water partition coefficient (Wildman–Crippen LogP) is 6.48. The summed E-state index contributed by atoms with van der Waals surface area (Å²) in [7, 11) is 1.63. The standard InChI is InChI=1S/C27H19BrN2O2/c1-32-26-12-9-18(15-23(26)28)14-21-17-25(19-6-3-2-4-7-19)30(27(21)31)22-10-11-24-20(16-22)8-5-13-29-24/h2-17H,1H3. The number of pyridine rings is 1. The largest absolute Gasteiger partial charge is 0.496 e. The molecule has 2 heterocycles. The number of carbonyl (C=O) groups excluding carboxylic acids is 1. The van der Waals surface area contributed by atoms with Gasteiger partial charge >= 0.3 is 0 Å². The molecular weight excluding hydrogens is 464 g/mol. The van der Waals surface area contributed by atoms with Crippen LogP contribution in [0.4, 0.5) is 5.69 Å². The third-order valence-electron chi connectivity index (χ3n) is 5.40. The van der Waals surface area contributed by atoms with Crippen LogP contribution in [0.1, 0.15) is 11.1 Å². The summed E-state index contributed by atoms with van der Waals surface area (Å²) in [5.41, 5.74) is 5.06. The molecule has 4 aromatic rings. The molecule has 5 heteroatoms.